The van der Waals surface area contributed by atoms with E-state index in [4.69, 9.17) is 4.74 Å². The number of amides is 1. The molecule has 0 radical (unpaired) electrons. The second kappa shape index (κ2) is 9.40. The number of nitrogens with one attached hydrogen (secondary N) is 1. The van der Waals surface area contributed by atoms with Gasteiger partial charge in [0.2, 0.25) is 5.91 Å². The molecular formula is C20H24FN3O2. The van der Waals surface area contributed by atoms with E-state index in [0.29, 0.717) is 32.6 Å². The highest BCUT2D eigenvalue weighted by atomic mass is 19.1. The van der Waals surface area contributed by atoms with E-state index in [1.807, 2.05) is 24.4 Å². The van der Waals surface area contributed by atoms with Gasteiger partial charge in [0, 0.05) is 38.4 Å². The van der Waals surface area contributed by atoms with Crippen molar-refractivity contribution in [3.63, 3.8) is 0 Å². The lowest BCUT2D eigenvalue weighted by atomic mass is 10.1. The molecule has 0 saturated carbocycles. The highest BCUT2D eigenvalue weighted by Crippen LogP contribution is 2.20. The van der Waals surface area contributed by atoms with Gasteiger partial charge in [0.25, 0.3) is 0 Å². The third-order valence-corrected chi connectivity index (χ3v) is 4.58. The normalized spacial score (nSPS) is 16.2. The van der Waals surface area contributed by atoms with E-state index in [-0.39, 0.29) is 17.8 Å². The monoisotopic (exact) mass is 357 g/mol. The highest BCUT2D eigenvalue weighted by Gasteiger charge is 2.23. The lowest BCUT2D eigenvalue weighted by Gasteiger charge is -2.34. The number of carbonyl (C=O) groups is 1. The van der Waals surface area contributed by atoms with E-state index in [0.717, 1.165) is 24.2 Å². The molecular weight excluding hydrogens is 333 g/mol. The summed E-state index contributed by atoms with van der Waals surface area (Å²) in [6, 6.07) is 10.4. The molecule has 1 amide bonds. The van der Waals surface area contributed by atoms with Crippen LogP contribution in [0.1, 0.15) is 23.6 Å². The zero-order valence-electron chi connectivity index (χ0n) is 14.7. The van der Waals surface area contributed by atoms with Crippen molar-refractivity contribution in [3.8, 4) is 0 Å². The minimum absolute atomic E-state index is 0.0311. The number of carbonyl (C=O) groups excluding carboxylic acids is 1. The van der Waals surface area contributed by atoms with Crippen LogP contribution in [0.4, 0.5) is 4.39 Å². The van der Waals surface area contributed by atoms with E-state index in [2.05, 4.69) is 15.2 Å². The SMILES string of the molecule is O=C(CCc1cccc(F)c1)NCC(c1cccnc1)N1CCOCC1. The quantitative estimate of drug-likeness (QED) is 0.826. The summed E-state index contributed by atoms with van der Waals surface area (Å²) in [4.78, 5) is 18.8. The first-order valence-electron chi connectivity index (χ1n) is 8.95. The van der Waals surface area contributed by atoms with Crippen LogP contribution in [-0.4, -0.2) is 48.6 Å². The summed E-state index contributed by atoms with van der Waals surface area (Å²) < 4.78 is 18.7. The third-order valence-electron chi connectivity index (χ3n) is 4.58. The molecule has 0 bridgehead atoms. The van der Waals surface area contributed by atoms with E-state index >= 15 is 0 Å². The molecule has 1 unspecified atom stereocenters. The Bertz CT molecular complexity index is 705. The van der Waals surface area contributed by atoms with Crippen molar-refractivity contribution in [2.75, 3.05) is 32.8 Å². The maximum Gasteiger partial charge on any atom is 0.220 e. The molecule has 26 heavy (non-hydrogen) atoms. The molecule has 1 aliphatic heterocycles. The van der Waals surface area contributed by atoms with E-state index in [1.165, 1.54) is 12.1 Å². The van der Waals surface area contributed by atoms with Gasteiger partial charge in [-0.25, -0.2) is 4.39 Å². The average molecular weight is 357 g/mol. The van der Waals surface area contributed by atoms with Crippen LogP contribution in [0, 0.1) is 5.82 Å². The number of pyridine rings is 1. The van der Waals surface area contributed by atoms with Crippen molar-refractivity contribution >= 4 is 5.91 Å². The van der Waals surface area contributed by atoms with Crippen molar-refractivity contribution < 1.29 is 13.9 Å². The van der Waals surface area contributed by atoms with Crippen LogP contribution in [0.3, 0.4) is 0 Å². The summed E-state index contributed by atoms with van der Waals surface area (Å²) in [6.45, 7) is 3.58. The number of ether oxygens (including phenoxy) is 1. The predicted octanol–water partition coefficient (Wildman–Crippen LogP) is 2.34. The number of rotatable bonds is 7. The first kappa shape index (κ1) is 18.5. The Kier molecular flexibility index (Phi) is 6.68. The first-order chi connectivity index (χ1) is 12.7. The molecule has 1 aromatic heterocycles. The van der Waals surface area contributed by atoms with Gasteiger partial charge in [0.05, 0.1) is 19.3 Å². The summed E-state index contributed by atoms with van der Waals surface area (Å²) in [6.07, 6.45) is 4.46. The molecule has 1 atom stereocenters. The van der Waals surface area contributed by atoms with Gasteiger partial charge in [-0.2, -0.15) is 0 Å². The summed E-state index contributed by atoms with van der Waals surface area (Å²) in [7, 11) is 0. The Labute approximate surface area is 153 Å². The predicted molar refractivity (Wildman–Crippen MR) is 97.1 cm³/mol. The Morgan fingerprint density at radius 3 is 2.85 bits per heavy atom. The van der Waals surface area contributed by atoms with Crippen molar-refractivity contribution in [2.24, 2.45) is 0 Å². The number of aryl methyl sites for hydroxylation is 1. The highest BCUT2D eigenvalue weighted by molar-refractivity contribution is 5.76. The molecule has 3 rings (SSSR count). The minimum atomic E-state index is -0.271. The summed E-state index contributed by atoms with van der Waals surface area (Å²) >= 11 is 0. The lowest BCUT2D eigenvalue weighted by Crippen LogP contribution is -2.43. The van der Waals surface area contributed by atoms with Crippen LogP contribution < -0.4 is 5.32 Å². The molecule has 1 aromatic carbocycles. The van der Waals surface area contributed by atoms with Gasteiger partial charge < -0.3 is 10.1 Å². The van der Waals surface area contributed by atoms with Crippen LogP contribution in [0.15, 0.2) is 48.8 Å². The van der Waals surface area contributed by atoms with Crippen LogP contribution in [-0.2, 0) is 16.0 Å². The van der Waals surface area contributed by atoms with Crippen LogP contribution >= 0.6 is 0 Å². The van der Waals surface area contributed by atoms with E-state index in [9.17, 15) is 9.18 Å². The number of halogens is 1. The molecule has 0 spiro atoms. The molecule has 1 aliphatic rings. The molecule has 2 heterocycles. The number of benzene rings is 1. The van der Waals surface area contributed by atoms with Crippen molar-refractivity contribution in [1.29, 1.82) is 0 Å². The zero-order chi connectivity index (χ0) is 18.2. The fraction of sp³-hybridized carbons (Fsp3) is 0.400. The van der Waals surface area contributed by atoms with Crippen molar-refractivity contribution in [1.82, 2.24) is 15.2 Å². The molecule has 1 saturated heterocycles. The van der Waals surface area contributed by atoms with Gasteiger partial charge in [-0.15, -0.1) is 0 Å². The maximum atomic E-state index is 13.2. The molecule has 5 nitrogen and oxygen atoms in total. The lowest BCUT2D eigenvalue weighted by molar-refractivity contribution is -0.121. The number of morpholine rings is 1. The zero-order valence-corrected chi connectivity index (χ0v) is 14.7. The average Bonchev–Trinajstić information content (AvgIpc) is 2.68. The van der Waals surface area contributed by atoms with Gasteiger partial charge >= 0.3 is 0 Å². The van der Waals surface area contributed by atoms with E-state index < -0.39 is 0 Å². The Morgan fingerprint density at radius 1 is 1.27 bits per heavy atom. The second-order valence-electron chi connectivity index (χ2n) is 6.38. The molecule has 0 aliphatic carbocycles. The largest absolute Gasteiger partial charge is 0.379 e. The smallest absolute Gasteiger partial charge is 0.220 e. The van der Waals surface area contributed by atoms with Gasteiger partial charge in [0.15, 0.2) is 0 Å². The Hall–Kier alpha value is -2.31. The Morgan fingerprint density at radius 2 is 2.12 bits per heavy atom. The van der Waals surface area contributed by atoms with Gasteiger partial charge in [-0.1, -0.05) is 18.2 Å². The molecule has 6 heteroatoms. The molecule has 1 N–H and O–H groups in total. The second-order valence-corrected chi connectivity index (χ2v) is 6.38. The third kappa shape index (κ3) is 5.34. The summed E-state index contributed by atoms with van der Waals surface area (Å²) in [5, 5.41) is 3.02. The minimum Gasteiger partial charge on any atom is -0.379 e. The standard InChI is InChI=1S/C20H24FN3O2/c21-18-5-1-3-16(13-18)6-7-20(25)23-15-19(17-4-2-8-22-14-17)24-9-11-26-12-10-24/h1-5,8,13-14,19H,6-7,9-12,15H2,(H,23,25). The van der Waals surface area contributed by atoms with Crippen molar-refractivity contribution in [3.05, 3.63) is 65.7 Å². The number of hydrogen-bond acceptors (Lipinski definition) is 4. The number of nitrogens with zero attached hydrogens (tertiary/aromatic N) is 2. The van der Waals surface area contributed by atoms with Crippen LogP contribution in [0.5, 0.6) is 0 Å². The Balaban J connectivity index is 1.55. The van der Waals surface area contributed by atoms with Crippen LogP contribution in [0.25, 0.3) is 0 Å². The van der Waals surface area contributed by atoms with Gasteiger partial charge in [-0.3, -0.25) is 14.7 Å². The van der Waals surface area contributed by atoms with Gasteiger partial charge in [0.1, 0.15) is 5.82 Å². The summed E-state index contributed by atoms with van der Waals surface area (Å²) in [5.74, 6) is -0.303. The first-order valence-corrected chi connectivity index (χ1v) is 8.95. The van der Waals surface area contributed by atoms with Gasteiger partial charge in [-0.05, 0) is 35.7 Å². The molecule has 2 aromatic rings. The molecule has 138 valence electrons. The van der Waals surface area contributed by atoms with Crippen LogP contribution in [0.2, 0.25) is 0 Å². The number of aromatic nitrogens is 1. The fourth-order valence-corrected chi connectivity index (χ4v) is 3.17. The molecule has 1 fully saturated rings. The maximum absolute atomic E-state index is 13.2. The van der Waals surface area contributed by atoms with E-state index in [1.54, 1.807) is 12.3 Å². The number of hydrogen-bond donors (Lipinski definition) is 1. The summed E-state index contributed by atoms with van der Waals surface area (Å²) in [5.41, 5.74) is 1.91. The topological polar surface area (TPSA) is 54.5 Å². The van der Waals surface area contributed by atoms with Crippen molar-refractivity contribution in [2.45, 2.75) is 18.9 Å². The fourth-order valence-electron chi connectivity index (χ4n) is 3.17.